The van der Waals surface area contributed by atoms with E-state index in [0.29, 0.717) is 18.1 Å². The van der Waals surface area contributed by atoms with Crippen LogP contribution >= 0.6 is 11.8 Å². The quantitative estimate of drug-likeness (QED) is 0.796. The van der Waals surface area contributed by atoms with Gasteiger partial charge in [0.2, 0.25) is 5.89 Å². The van der Waals surface area contributed by atoms with Crippen molar-refractivity contribution in [2.75, 3.05) is 11.6 Å². The fraction of sp³-hybridized carbons (Fsp3) is 0.286. The number of aromatic carboxylic acids is 1. The van der Waals surface area contributed by atoms with Crippen LogP contribution in [0.1, 0.15) is 28.9 Å². The first kappa shape index (κ1) is 14.5. The second-order valence-corrected chi connectivity index (χ2v) is 4.96. The Morgan fingerprint density at radius 3 is 2.90 bits per heavy atom. The molecule has 1 heterocycles. The Bertz CT molecular complexity index is 610. The van der Waals surface area contributed by atoms with Crippen LogP contribution in [0.5, 0.6) is 0 Å². The zero-order valence-electron chi connectivity index (χ0n) is 11.3. The van der Waals surface area contributed by atoms with Crippen molar-refractivity contribution < 1.29 is 14.3 Å². The molecule has 0 aliphatic heterocycles. The van der Waals surface area contributed by atoms with Crippen LogP contribution in [0.25, 0.3) is 0 Å². The van der Waals surface area contributed by atoms with Crippen molar-refractivity contribution >= 4 is 23.4 Å². The third-order valence-corrected chi connectivity index (χ3v) is 3.62. The van der Waals surface area contributed by atoms with E-state index in [0.717, 1.165) is 17.1 Å². The maximum atomic E-state index is 11.4. The summed E-state index contributed by atoms with van der Waals surface area (Å²) in [5.41, 5.74) is 0.850. The van der Waals surface area contributed by atoms with Gasteiger partial charge in [0.1, 0.15) is 5.76 Å². The predicted molar refractivity (Wildman–Crippen MR) is 78.4 cm³/mol. The first-order chi connectivity index (χ1) is 9.65. The molecule has 5 nitrogen and oxygen atoms in total. The lowest BCUT2D eigenvalue weighted by Gasteiger charge is -2.11. The van der Waals surface area contributed by atoms with Gasteiger partial charge in [-0.3, -0.25) is 0 Å². The van der Waals surface area contributed by atoms with E-state index in [-0.39, 0.29) is 5.56 Å². The molecule has 0 aliphatic carbocycles. The van der Waals surface area contributed by atoms with Crippen LogP contribution in [0.3, 0.4) is 0 Å². The highest BCUT2D eigenvalue weighted by Gasteiger charge is 2.15. The fourth-order valence-electron chi connectivity index (χ4n) is 1.83. The Kier molecular flexibility index (Phi) is 4.68. The molecule has 0 fully saturated rings. The number of hydrogen-bond donors (Lipinski definition) is 2. The number of thioether (sulfide) groups is 1. The molecule has 2 rings (SSSR count). The molecule has 1 aromatic heterocycles. The van der Waals surface area contributed by atoms with Crippen LogP contribution in [-0.4, -0.2) is 22.3 Å². The molecule has 1 aromatic carbocycles. The molecule has 0 saturated heterocycles. The average Bonchev–Trinajstić information content (AvgIpc) is 2.92. The van der Waals surface area contributed by atoms with Crippen LogP contribution in [0, 0.1) is 0 Å². The highest BCUT2D eigenvalue weighted by Crippen LogP contribution is 2.27. The number of nitrogens with one attached hydrogen (secondary N) is 1. The normalized spacial score (nSPS) is 10.5. The molecule has 0 saturated carbocycles. The maximum Gasteiger partial charge on any atom is 0.338 e. The minimum absolute atomic E-state index is 0.280. The molecular formula is C14H16N2O3S. The molecule has 2 aromatic rings. The van der Waals surface area contributed by atoms with Gasteiger partial charge in [-0.15, -0.1) is 11.8 Å². The molecule has 0 unspecified atom stereocenters. The zero-order valence-corrected chi connectivity index (χ0v) is 12.2. The van der Waals surface area contributed by atoms with E-state index in [9.17, 15) is 9.90 Å². The van der Waals surface area contributed by atoms with Crippen molar-refractivity contribution in [1.82, 2.24) is 4.98 Å². The lowest BCUT2D eigenvalue weighted by atomic mass is 10.2. The molecule has 0 aliphatic rings. The van der Waals surface area contributed by atoms with Gasteiger partial charge in [-0.05, 0) is 18.4 Å². The minimum atomic E-state index is -0.945. The topological polar surface area (TPSA) is 75.4 Å². The van der Waals surface area contributed by atoms with Gasteiger partial charge in [-0.1, -0.05) is 13.0 Å². The Labute approximate surface area is 121 Å². The van der Waals surface area contributed by atoms with Gasteiger partial charge in [0.25, 0.3) is 0 Å². The van der Waals surface area contributed by atoms with E-state index in [2.05, 4.69) is 10.3 Å². The fourth-order valence-corrected chi connectivity index (χ4v) is 2.45. The second-order valence-electron chi connectivity index (χ2n) is 4.12. The van der Waals surface area contributed by atoms with Crippen molar-refractivity contribution in [3.05, 3.63) is 41.6 Å². The number of benzene rings is 1. The third kappa shape index (κ3) is 3.14. The summed E-state index contributed by atoms with van der Waals surface area (Å²) >= 11 is 1.41. The molecule has 20 heavy (non-hydrogen) atoms. The Hall–Kier alpha value is -1.95. The summed E-state index contributed by atoms with van der Waals surface area (Å²) in [5.74, 6) is 0.421. The summed E-state index contributed by atoms with van der Waals surface area (Å²) in [7, 11) is 0. The zero-order chi connectivity index (χ0) is 14.5. The van der Waals surface area contributed by atoms with Crippen molar-refractivity contribution in [2.24, 2.45) is 0 Å². The molecule has 2 N–H and O–H groups in total. The van der Waals surface area contributed by atoms with Gasteiger partial charge < -0.3 is 14.8 Å². The number of aryl methyl sites for hydroxylation is 1. The number of carbonyl (C=O) groups is 1. The number of rotatable bonds is 6. The Morgan fingerprint density at radius 1 is 1.50 bits per heavy atom. The number of hydrogen-bond acceptors (Lipinski definition) is 5. The number of anilines is 1. The largest absolute Gasteiger partial charge is 0.478 e. The standard InChI is InChI=1S/C14H16N2O3S/c1-3-9-7-16-12(19-9)8-15-10-5-4-6-11(20-2)13(10)14(17)18/h4-7,15H,3,8H2,1-2H3,(H,17,18). The summed E-state index contributed by atoms with van der Waals surface area (Å²) in [6, 6.07) is 5.36. The van der Waals surface area contributed by atoms with E-state index in [1.807, 2.05) is 19.2 Å². The van der Waals surface area contributed by atoms with Crippen molar-refractivity contribution in [3.63, 3.8) is 0 Å². The van der Waals surface area contributed by atoms with Gasteiger partial charge in [-0.25, -0.2) is 9.78 Å². The van der Waals surface area contributed by atoms with Crippen molar-refractivity contribution in [1.29, 1.82) is 0 Å². The van der Waals surface area contributed by atoms with Gasteiger partial charge in [0.05, 0.1) is 24.0 Å². The third-order valence-electron chi connectivity index (χ3n) is 2.84. The van der Waals surface area contributed by atoms with Crippen LogP contribution in [0.2, 0.25) is 0 Å². The highest BCUT2D eigenvalue weighted by molar-refractivity contribution is 7.98. The summed E-state index contributed by atoms with van der Waals surface area (Å²) in [4.78, 5) is 16.2. The van der Waals surface area contributed by atoms with E-state index >= 15 is 0 Å². The molecule has 0 spiro atoms. The van der Waals surface area contributed by atoms with Crippen LogP contribution < -0.4 is 5.32 Å². The lowest BCUT2D eigenvalue weighted by Crippen LogP contribution is -2.07. The van der Waals surface area contributed by atoms with Gasteiger partial charge >= 0.3 is 5.97 Å². The average molecular weight is 292 g/mol. The van der Waals surface area contributed by atoms with Gasteiger partial charge in [0, 0.05) is 11.3 Å². The summed E-state index contributed by atoms with van der Waals surface area (Å²) in [5, 5.41) is 12.4. The van der Waals surface area contributed by atoms with Gasteiger partial charge in [0.15, 0.2) is 0 Å². The van der Waals surface area contributed by atoms with Gasteiger partial charge in [-0.2, -0.15) is 0 Å². The van der Waals surface area contributed by atoms with Crippen molar-refractivity contribution in [3.8, 4) is 0 Å². The number of nitrogens with zero attached hydrogens (tertiary/aromatic N) is 1. The van der Waals surface area contributed by atoms with E-state index < -0.39 is 5.97 Å². The van der Waals surface area contributed by atoms with Crippen LogP contribution in [0.4, 0.5) is 5.69 Å². The summed E-state index contributed by atoms with van der Waals surface area (Å²) < 4.78 is 5.49. The molecule has 0 atom stereocenters. The summed E-state index contributed by atoms with van der Waals surface area (Å²) in [6.07, 6.45) is 4.33. The molecule has 6 heteroatoms. The SMILES string of the molecule is CCc1cnc(CNc2cccc(SC)c2C(=O)O)o1. The van der Waals surface area contributed by atoms with Crippen LogP contribution in [0.15, 0.2) is 33.7 Å². The van der Waals surface area contributed by atoms with Crippen LogP contribution in [-0.2, 0) is 13.0 Å². The molecule has 0 amide bonds. The Balaban J connectivity index is 2.18. The first-order valence-corrected chi connectivity index (χ1v) is 7.46. The second kappa shape index (κ2) is 6.47. The number of carboxylic acids is 1. The highest BCUT2D eigenvalue weighted by atomic mass is 32.2. The van der Waals surface area contributed by atoms with Crippen molar-refractivity contribution in [2.45, 2.75) is 24.8 Å². The van der Waals surface area contributed by atoms with E-state index in [1.165, 1.54) is 11.8 Å². The van der Waals surface area contributed by atoms with E-state index in [4.69, 9.17) is 4.42 Å². The molecule has 0 radical (unpaired) electrons. The predicted octanol–water partition coefficient (Wildman–Crippen LogP) is 3.27. The molecule has 106 valence electrons. The minimum Gasteiger partial charge on any atom is -0.478 e. The monoisotopic (exact) mass is 292 g/mol. The number of carboxylic acid groups (broad SMARTS) is 1. The molecular weight excluding hydrogens is 276 g/mol. The lowest BCUT2D eigenvalue weighted by molar-refractivity contribution is 0.0694. The first-order valence-electron chi connectivity index (χ1n) is 6.23. The summed E-state index contributed by atoms with van der Waals surface area (Å²) in [6.45, 7) is 2.35. The smallest absolute Gasteiger partial charge is 0.338 e. The maximum absolute atomic E-state index is 11.4. The number of oxazole rings is 1. The Morgan fingerprint density at radius 2 is 2.30 bits per heavy atom. The number of aromatic nitrogens is 1. The molecule has 0 bridgehead atoms. The van der Waals surface area contributed by atoms with E-state index in [1.54, 1.807) is 18.3 Å².